The molecule has 2 aromatic rings. The number of amides is 3. The van der Waals surface area contributed by atoms with Crippen molar-refractivity contribution in [3.05, 3.63) is 64.7 Å². The van der Waals surface area contributed by atoms with Crippen LogP contribution in [0.1, 0.15) is 24.0 Å². The van der Waals surface area contributed by atoms with Crippen LogP contribution in [0.15, 0.2) is 48.5 Å². The summed E-state index contributed by atoms with van der Waals surface area (Å²) in [5.41, 5.74) is 1.80. The summed E-state index contributed by atoms with van der Waals surface area (Å²) in [6, 6.07) is 14.0. The molecular weight excluding hydrogens is 402 g/mol. The Labute approximate surface area is 181 Å². The molecule has 158 valence electrons. The molecule has 2 saturated heterocycles. The molecule has 0 bridgehead atoms. The maximum absolute atomic E-state index is 12.7. The van der Waals surface area contributed by atoms with Crippen LogP contribution < -0.4 is 10.1 Å². The number of nitrogens with one attached hydrogen (secondary N) is 1. The Morgan fingerprint density at radius 1 is 1.03 bits per heavy atom. The minimum atomic E-state index is -0.566. The van der Waals surface area contributed by atoms with Crippen molar-refractivity contribution in [2.75, 3.05) is 26.2 Å². The number of imide groups is 1. The third-order valence-corrected chi connectivity index (χ3v) is 5.81. The topological polar surface area (TPSA) is 61.9 Å². The van der Waals surface area contributed by atoms with Gasteiger partial charge < -0.3 is 10.1 Å². The molecule has 2 aliphatic heterocycles. The lowest BCUT2D eigenvalue weighted by Crippen LogP contribution is -2.32. The lowest BCUT2D eigenvalue weighted by Gasteiger charge is -2.16. The summed E-state index contributed by atoms with van der Waals surface area (Å²) in [6.45, 7) is 4.17. The molecule has 1 unspecified atom stereocenters. The summed E-state index contributed by atoms with van der Waals surface area (Å²) < 4.78 is 5.82. The highest BCUT2D eigenvalue weighted by Crippen LogP contribution is 2.19. The molecule has 2 aliphatic rings. The zero-order chi connectivity index (χ0) is 20.9. The second-order valence-electron chi connectivity index (χ2n) is 7.80. The molecule has 0 aliphatic carbocycles. The van der Waals surface area contributed by atoms with Crippen LogP contribution in [0.25, 0.3) is 0 Å². The van der Waals surface area contributed by atoms with Crippen LogP contribution in [0.4, 0.5) is 4.79 Å². The van der Waals surface area contributed by atoms with Crippen LogP contribution in [0.2, 0.25) is 5.02 Å². The molecule has 7 heteroatoms. The molecule has 0 radical (unpaired) electrons. The summed E-state index contributed by atoms with van der Waals surface area (Å²) in [5.74, 6) is 0.583. The van der Waals surface area contributed by atoms with Crippen molar-refractivity contribution < 1.29 is 14.3 Å². The smallest absolute Gasteiger partial charge is 0.325 e. The Morgan fingerprint density at radius 2 is 1.80 bits per heavy atom. The molecule has 3 amide bonds. The largest absolute Gasteiger partial charge is 0.492 e. The predicted octanol–water partition coefficient (Wildman–Crippen LogP) is 3.48. The van der Waals surface area contributed by atoms with Crippen molar-refractivity contribution in [2.45, 2.75) is 31.8 Å². The normalized spacial score (nSPS) is 19.4. The fourth-order valence-electron chi connectivity index (χ4n) is 3.94. The van der Waals surface area contributed by atoms with Crippen LogP contribution >= 0.6 is 11.6 Å². The Hall–Kier alpha value is -2.57. The van der Waals surface area contributed by atoms with E-state index < -0.39 is 6.04 Å². The van der Waals surface area contributed by atoms with Crippen molar-refractivity contribution in [3.8, 4) is 5.75 Å². The summed E-state index contributed by atoms with van der Waals surface area (Å²) in [7, 11) is 0. The van der Waals surface area contributed by atoms with E-state index in [-0.39, 0.29) is 18.5 Å². The number of rotatable bonds is 8. The monoisotopic (exact) mass is 427 g/mol. The van der Waals surface area contributed by atoms with Gasteiger partial charge in [-0.1, -0.05) is 35.9 Å². The third-order valence-electron chi connectivity index (χ3n) is 5.57. The number of nitrogens with zero attached hydrogens (tertiary/aromatic N) is 2. The van der Waals surface area contributed by atoms with E-state index in [1.54, 1.807) is 6.07 Å². The van der Waals surface area contributed by atoms with E-state index >= 15 is 0 Å². The Kier molecular flexibility index (Phi) is 6.55. The molecular formula is C23H26ClN3O3. The standard InChI is InChI=1S/C23H26ClN3O3/c24-19-5-3-4-18(14-19)15-21-22(28)27(23(29)25-21)16-17-6-8-20(9-7-17)30-13-12-26-10-1-2-11-26/h3-9,14,21H,1-2,10-13,15-16H2,(H,25,29). The first-order valence-corrected chi connectivity index (χ1v) is 10.8. The number of hydrogen-bond acceptors (Lipinski definition) is 4. The van der Waals surface area contributed by atoms with E-state index in [4.69, 9.17) is 16.3 Å². The second-order valence-corrected chi connectivity index (χ2v) is 8.24. The third kappa shape index (κ3) is 5.12. The molecule has 2 aromatic carbocycles. The van der Waals surface area contributed by atoms with E-state index in [1.807, 2.05) is 42.5 Å². The first-order valence-electron chi connectivity index (χ1n) is 10.4. The highest BCUT2D eigenvalue weighted by atomic mass is 35.5. The highest BCUT2D eigenvalue weighted by Gasteiger charge is 2.37. The Morgan fingerprint density at radius 3 is 2.53 bits per heavy atom. The van der Waals surface area contributed by atoms with Gasteiger partial charge in [0.25, 0.3) is 5.91 Å². The van der Waals surface area contributed by atoms with Gasteiger partial charge in [0.2, 0.25) is 0 Å². The van der Waals surface area contributed by atoms with Crippen molar-refractivity contribution >= 4 is 23.5 Å². The Balaban J connectivity index is 1.29. The van der Waals surface area contributed by atoms with E-state index in [0.29, 0.717) is 18.1 Å². The van der Waals surface area contributed by atoms with Crippen LogP contribution in [-0.2, 0) is 17.8 Å². The van der Waals surface area contributed by atoms with E-state index in [2.05, 4.69) is 10.2 Å². The van der Waals surface area contributed by atoms with Crippen molar-refractivity contribution in [1.29, 1.82) is 0 Å². The number of halogens is 1. The van der Waals surface area contributed by atoms with Crippen molar-refractivity contribution in [1.82, 2.24) is 15.1 Å². The molecule has 0 aromatic heterocycles. The van der Waals surface area contributed by atoms with Gasteiger partial charge in [-0.2, -0.15) is 0 Å². The number of carbonyl (C=O) groups excluding carboxylic acids is 2. The molecule has 30 heavy (non-hydrogen) atoms. The van der Waals surface area contributed by atoms with Gasteiger partial charge in [-0.15, -0.1) is 0 Å². The van der Waals surface area contributed by atoms with E-state index in [9.17, 15) is 9.59 Å². The summed E-state index contributed by atoms with van der Waals surface area (Å²) in [4.78, 5) is 28.7. The van der Waals surface area contributed by atoms with Crippen LogP contribution in [-0.4, -0.2) is 54.0 Å². The first kappa shape index (κ1) is 20.7. The fraction of sp³-hybridized carbons (Fsp3) is 0.391. The Bertz CT molecular complexity index is 897. The van der Waals surface area contributed by atoms with Crippen LogP contribution in [0.5, 0.6) is 5.75 Å². The molecule has 0 saturated carbocycles. The lowest BCUT2D eigenvalue weighted by molar-refractivity contribution is -0.127. The van der Waals surface area contributed by atoms with Crippen molar-refractivity contribution in [3.63, 3.8) is 0 Å². The quantitative estimate of drug-likeness (QED) is 0.655. The molecule has 1 atom stereocenters. The van der Waals surface area contributed by atoms with Gasteiger partial charge in [0.1, 0.15) is 18.4 Å². The lowest BCUT2D eigenvalue weighted by atomic mass is 10.1. The number of carbonyl (C=O) groups is 2. The highest BCUT2D eigenvalue weighted by molar-refractivity contribution is 6.30. The van der Waals surface area contributed by atoms with Crippen LogP contribution in [0, 0.1) is 0 Å². The van der Waals surface area contributed by atoms with E-state index in [0.717, 1.165) is 36.5 Å². The second kappa shape index (κ2) is 9.49. The summed E-state index contributed by atoms with van der Waals surface area (Å²) >= 11 is 6.01. The molecule has 2 heterocycles. The van der Waals surface area contributed by atoms with Gasteiger partial charge in [-0.3, -0.25) is 14.6 Å². The number of urea groups is 1. The SMILES string of the molecule is O=C1NC(Cc2cccc(Cl)c2)C(=O)N1Cc1ccc(OCCN2CCCC2)cc1. The first-order chi connectivity index (χ1) is 14.6. The molecule has 6 nitrogen and oxygen atoms in total. The van der Waals surface area contributed by atoms with Crippen molar-refractivity contribution in [2.24, 2.45) is 0 Å². The number of benzene rings is 2. The molecule has 2 fully saturated rings. The number of likely N-dealkylation sites (tertiary alicyclic amines) is 1. The maximum Gasteiger partial charge on any atom is 0.325 e. The van der Waals surface area contributed by atoms with Gasteiger partial charge in [0.15, 0.2) is 0 Å². The minimum Gasteiger partial charge on any atom is -0.492 e. The zero-order valence-corrected chi connectivity index (χ0v) is 17.6. The average Bonchev–Trinajstić information content (AvgIpc) is 3.33. The molecule has 1 N–H and O–H groups in total. The van der Waals surface area contributed by atoms with Crippen LogP contribution in [0.3, 0.4) is 0 Å². The predicted molar refractivity (Wildman–Crippen MR) is 116 cm³/mol. The molecule has 4 rings (SSSR count). The average molecular weight is 428 g/mol. The minimum absolute atomic E-state index is 0.217. The van der Waals surface area contributed by atoms with E-state index in [1.165, 1.54) is 17.7 Å². The summed E-state index contributed by atoms with van der Waals surface area (Å²) in [6.07, 6.45) is 2.97. The van der Waals surface area contributed by atoms with Gasteiger partial charge in [0, 0.05) is 18.0 Å². The number of ether oxygens (including phenoxy) is 1. The number of hydrogen-bond donors (Lipinski definition) is 1. The van der Waals surface area contributed by atoms with Gasteiger partial charge in [-0.05, 0) is 61.3 Å². The zero-order valence-electron chi connectivity index (χ0n) is 16.9. The van der Waals surface area contributed by atoms with Gasteiger partial charge in [0.05, 0.1) is 6.54 Å². The molecule has 0 spiro atoms. The summed E-state index contributed by atoms with van der Waals surface area (Å²) in [5, 5.41) is 3.39. The maximum atomic E-state index is 12.7. The fourth-order valence-corrected chi connectivity index (χ4v) is 4.15. The van der Waals surface area contributed by atoms with Gasteiger partial charge >= 0.3 is 6.03 Å². The van der Waals surface area contributed by atoms with Gasteiger partial charge in [-0.25, -0.2) is 4.79 Å².